The minimum absolute atomic E-state index is 0.0615. The van der Waals surface area contributed by atoms with Gasteiger partial charge in [-0.25, -0.2) is 0 Å². The van der Waals surface area contributed by atoms with Gasteiger partial charge in [-0.2, -0.15) is 0 Å². The lowest BCUT2D eigenvalue weighted by Crippen LogP contribution is -2.52. The standard InChI is InChI=1S/C14H36O5Si3/c1-20(2,3)18-22(7,19-21(4,5)6)14-8-10-16-12-13-17-11-9-15/h15H,8-14H2,1-7H3. The van der Waals surface area contributed by atoms with Crippen molar-refractivity contribution in [2.45, 2.75) is 58.3 Å². The summed E-state index contributed by atoms with van der Waals surface area (Å²) in [7, 11) is -5.34. The van der Waals surface area contributed by atoms with Gasteiger partial charge in [0.2, 0.25) is 0 Å². The van der Waals surface area contributed by atoms with Crippen LogP contribution in [0.3, 0.4) is 0 Å². The zero-order chi connectivity index (χ0) is 17.3. The van der Waals surface area contributed by atoms with Crippen molar-refractivity contribution in [1.82, 2.24) is 0 Å². The van der Waals surface area contributed by atoms with Gasteiger partial charge in [0.15, 0.2) is 16.6 Å². The molecule has 0 aliphatic heterocycles. The van der Waals surface area contributed by atoms with Crippen LogP contribution < -0.4 is 0 Å². The van der Waals surface area contributed by atoms with E-state index in [1.807, 2.05) is 0 Å². The summed E-state index contributed by atoms with van der Waals surface area (Å²) in [6, 6.07) is 0.971. The number of rotatable bonds is 13. The van der Waals surface area contributed by atoms with Gasteiger partial charge in [0.1, 0.15) is 0 Å². The Balaban J connectivity index is 4.14. The molecule has 0 saturated carbocycles. The molecule has 0 rings (SSSR count). The van der Waals surface area contributed by atoms with Crippen LogP contribution in [0.1, 0.15) is 6.42 Å². The molecule has 0 bridgehead atoms. The molecule has 0 aromatic rings. The molecule has 1 N–H and O–H groups in total. The van der Waals surface area contributed by atoms with Crippen LogP contribution in [0.2, 0.25) is 51.9 Å². The van der Waals surface area contributed by atoms with Gasteiger partial charge < -0.3 is 22.8 Å². The minimum Gasteiger partial charge on any atom is -0.437 e. The fourth-order valence-corrected chi connectivity index (χ4v) is 14.8. The first kappa shape index (κ1) is 22.5. The van der Waals surface area contributed by atoms with Crippen molar-refractivity contribution in [3.05, 3.63) is 0 Å². The molecule has 0 amide bonds. The summed E-state index contributed by atoms with van der Waals surface area (Å²) in [6.07, 6.45) is 0.956. The molecule has 0 unspecified atom stereocenters. The van der Waals surface area contributed by atoms with Gasteiger partial charge in [0, 0.05) is 6.61 Å². The molecule has 0 aromatic carbocycles. The highest BCUT2D eigenvalue weighted by Gasteiger charge is 2.39. The molecule has 0 atom stereocenters. The van der Waals surface area contributed by atoms with Gasteiger partial charge in [-0.1, -0.05) is 0 Å². The molecule has 22 heavy (non-hydrogen) atoms. The van der Waals surface area contributed by atoms with Crippen LogP contribution in [0, 0.1) is 0 Å². The Labute approximate surface area is 139 Å². The largest absolute Gasteiger partial charge is 0.437 e. The van der Waals surface area contributed by atoms with Crippen LogP contribution in [-0.2, 0) is 17.7 Å². The summed E-state index contributed by atoms with van der Waals surface area (Å²) in [5.41, 5.74) is 0. The van der Waals surface area contributed by atoms with Crippen LogP contribution in [0.4, 0.5) is 0 Å². The van der Waals surface area contributed by atoms with E-state index in [9.17, 15) is 0 Å². The van der Waals surface area contributed by atoms with Gasteiger partial charge in [0.05, 0.1) is 26.4 Å². The fourth-order valence-electron chi connectivity index (χ4n) is 2.30. The van der Waals surface area contributed by atoms with Crippen molar-refractivity contribution in [1.29, 1.82) is 0 Å². The van der Waals surface area contributed by atoms with E-state index < -0.39 is 25.2 Å². The summed E-state index contributed by atoms with van der Waals surface area (Å²) in [5.74, 6) is 0. The van der Waals surface area contributed by atoms with Gasteiger partial charge in [-0.3, -0.25) is 0 Å². The van der Waals surface area contributed by atoms with Crippen molar-refractivity contribution >= 4 is 25.2 Å². The van der Waals surface area contributed by atoms with Crippen molar-refractivity contribution < 1.29 is 22.8 Å². The highest BCUT2D eigenvalue weighted by Crippen LogP contribution is 2.25. The first-order chi connectivity index (χ1) is 9.97. The number of aliphatic hydroxyl groups is 1. The lowest BCUT2D eigenvalue weighted by Gasteiger charge is -2.38. The Bertz CT molecular complexity index is 273. The molecule has 0 spiro atoms. The van der Waals surface area contributed by atoms with Crippen molar-refractivity contribution in [2.24, 2.45) is 0 Å². The van der Waals surface area contributed by atoms with E-state index in [1.54, 1.807) is 0 Å². The predicted molar refractivity (Wildman–Crippen MR) is 98.6 cm³/mol. The summed E-state index contributed by atoms with van der Waals surface area (Å²) < 4.78 is 23.6. The highest BCUT2D eigenvalue weighted by molar-refractivity contribution is 6.87. The molecule has 0 fully saturated rings. The molecule has 0 aromatic heterocycles. The quantitative estimate of drug-likeness (QED) is 0.400. The maximum atomic E-state index is 8.60. The van der Waals surface area contributed by atoms with E-state index in [2.05, 4.69) is 45.8 Å². The van der Waals surface area contributed by atoms with Crippen LogP contribution in [0.5, 0.6) is 0 Å². The predicted octanol–water partition coefficient (Wildman–Crippen LogP) is 3.18. The molecule has 134 valence electrons. The second-order valence-corrected chi connectivity index (χ2v) is 20.5. The number of hydrogen-bond acceptors (Lipinski definition) is 5. The lowest BCUT2D eigenvalue weighted by atomic mass is 10.5. The second kappa shape index (κ2) is 10.3. The normalized spacial score (nSPS) is 13.6. The molecule has 0 heterocycles. The molecule has 0 aliphatic rings. The van der Waals surface area contributed by atoms with Crippen LogP contribution in [0.15, 0.2) is 0 Å². The average Bonchev–Trinajstić information content (AvgIpc) is 2.27. The summed E-state index contributed by atoms with van der Waals surface area (Å²) in [5, 5.41) is 8.60. The van der Waals surface area contributed by atoms with E-state index in [1.165, 1.54) is 0 Å². The molecule has 0 radical (unpaired) electrons. The molecule has 8 heteroatoms. The van der Waals surface area contributed by atoms with E-state index in [0.29, 0.717) is 26.4 Å². The number of hydrogen-bond donors (Lipinski definition) is 1. The Hall–Kier alpha value is 0.451. The van der Waals surface area contributed by atoms with Gasteiger partial charge >= 0.3 is 8.56 Å². The maximum Gasteiger partial charge on any atom is 0.314 e. The fraction of sp³-hybridized carbons (Fsp3) is 1.00. The third kappa shape index (κ3) is 14.1. The van der Waals surface area contributed by atoms with Crippen molar-refractivity contribution in [3.8, 4) is 0 Å². The van der Waals surface area contributed by atoms with E-state index >= 15 is 0 Å². The number of ether oxygens (including phenoxy) is 2. The molecule has 0 aliphatic carbocycles. The van der Waals surface area contributed by atoms with Gasteiger partial charge in [-0.15, -0.1) is 0 Å². The second-order valence-electron chi connectivity index (χ2n) is 7.61. The topological polar surface area (TPSA) is 57.2 Å². The third-order valence-electron chi connectivity index (χ3n) is 2.57. The minimum atomic E-state index is -2.12. The SMILES string of the molecule is C[Si](C)(C)O[Si](C)(CCCOCCOCCO)O[Si](C)(C)C. The summed E-state index contributed by atoms with van der Waals surface area (Å²) >= 11 is 0. The zero-order valence-electron chi connectivity index (χ0n) is 15.5. The van der Waals surface area contributed by atoms with Crippen molar-refractivity contribution in [2.75, 3.05) is 33.0 Å². The third-order valence-corrected chi connectivity index (χ3v) is 12.2. The van der Waals surface area contributed by atoms with Crippen LogP contribution in [-0.4, -0.2) is 63.3 Å². The molecule has 5 nitrogen and oxygen atoms in total. The summed E-state index contributed by atoms with van der Waals surface area (Å²) in [4.78, 5) is 0. The monoisotopic (exact) mass is 368 g/mol. The van der Waals surface area contributed by atoms with Crippen molar-refractivity contribution in [3.63, 3.8) is 0 Å². The zero-order valence-corrected chi connectivity index (χ0v) is 18.5. The highest BCUT2D eigenvalue weighted by atomic mass is 28.5. The van der Waals surface area contributed by atoms with Crippen LogP contribution >= 0.6 is 0 Å². The number of aliphatic hydroxyl groups excluding tert-OH is 1. The first-order valence-electron chi connectivity index (χ1n) is 8.14. The van der Waals surface area contributed by atoms with E-state index in [-0.39, 0.29) is 6.61 Å². The Morgan fingerprint density at radius 1 is 0.682 bits per heavy atom. The Kier molecular flexibility index (Phi) is 10.6. The first-order valence-corrected chi connectivity index (χ1v) is 17.5. The smallest absolute Gasteiger partial charge is 0.314 e. The Morgan fingerprint density at radius 2 is 1.14 bits per heavy atom. The van der Waals surface area contributed by atoms with E-state index in [4.69, 9.17) is 22.8 Å². The molecular formula is C14H36O5Si3. The molecule has 0 saturated heterocycles. The van der Waals surface area contributed by atoms with Gasteiger partial charge in [0.25, 0.3) is 0 Å². The summed E-state index contributed by atoms with van der Waals surface area (Å²) in [6.45, 7) is 17.8. The lowest BCUT2D eigenvalue weighted by molar-refractivity contribution is 0.0330. The van der Waals surface area contributed by atoms with E-state index in [0.717, 1.165) is 12.5 Å². The average molecular weight is 369 g/mol. The Morgan fingerprint density at radius 3 is 1.55 bits per heavy atom. The van der Waals surface area contributed by atoms with Crippen LogP contribution in [0.25, 0.3) is 0 Å². The maximum absolute atomic E-state index is 8.60. The van der Waals surface area contributed by atoms with Gasteiger partial charge in [-0.05, 0) is 58.3 Å². The molecular weight excluding hydrogens is 332 g/mol.